The Morgan fingerprint density at radius 2 is 1.78 bits per heavy atom. The lowest BCUT2D eigenvalue weighted by Gasteiger charge is -2.26. The Kier molecular flexibility index (Phi) is 4.59. The van der Waals surface area contributed by atoms with Crippen LogP contribution < -0.4 is 11.1 Å². The van der Waals surface area contributed by atoms with E-state index in [0.717, 1.165) is 12.1 Å². The summed E-state index contributed by atoms with van der Waals surface area (Å²) in [4.78, 5) is 11.9. The molecule has 1 amide bonds. The molecule has 1 atom stereocenters. The summed E-state index contributed by atoms with van der Waals surface area (Å²) in [6.07, 6.45) is 0. The smallest absolute Gasteiger partial charge is 0.241 e. The number of halogens is 3. The summed E-state index contributed by atoms with van der Waals surface area (Å²) in [6, 6.07) is 1.42. The van der Waals surface area contributed by atoms with E-state index in [1.807, 2.05) is 20.8 Å². The molecule has 0 aliphatic carbocycles. The molecule has 1 aromatic rings. The molecular formula is C12H15Cl2FN2O. The molecule has 0 unspecified atom stereocenters. The molecule has 0 heterocycles. The zero-order valence-corrected chi connectivity index (χ0v) is 11.9. The molecule has 0 fully saturated rings. The molecule has 6 heteroatoms. The van der Waals surface area contributed by atoms with Crippen LogP contribution >= 0.6 is 23.2 Å². The Hall–Kier alpha value is -0.840. The van der Waals surface area contributed by atoms with Crippen molar-refractivity contribution in [2.75, 3.05) is 5.32 Å². The SMILES string of the molecule is CC(C)(C)[C@H](N)C(=O)Nc1c(Cl)cc(F)cc1Cl. The number of nitrogens with two attached hydrogens (primary N) is 1. The summed E-state index contributed by atoms with van der Waals surface area (Å²) >= 11 is 11.6. The van der Waals surface area contributed by atoms with Crippen molar-refractivity contribution in [3.05, 3.63) is 28.0 Å². The highest BCUT2D eigenvalue weighted by molar-refractivity contribution is 6.39. The van der Waals surface area contributed by atoms with Crippen molar-refractivity contribution in [3.8, 4) is 0 Å². The van der Waals surface area contributed by atoms with Crippen LogP contribution in [0.3, 0.4) is 0 Å². The van der Waals surface area contributed by atoms with Gasteiger partial charge in [0.1, 0.15) is 5.82 Å². The van der Waals surface area contributed by atoms with Crippen LogP contribution in [-0.2, 0) is 4.79 Å². The Morgan fingerprint density at radius 3 is 2.17 bits per heavy atom. The quantitative estimate of drug-likeness (QED) is 0.877. The van der Waals surface area contributed by atoms with Crippen LogP contribution in [0.25, 0.3) is 0 Å². The van der Waals surface area contributed by atoms with Crippen molar-refractivity contribution in [1.82, 2.24) is 0 Å². The second-order valence-electron chi connectivity index (χ2n) is 5.08. The Bertz CT molecular complexity index is 449. The minimum atomic E-state index is -0.727. The Balaban J connectivity index is 2.96. The fraction of sp³-hybridized carbons (Fsp3) is 0.417. The summed E-state index contributed by atoms with van der Waals surface area (Å²) < 4.78 is 13.0. The minimum Gasteiger partial charge on any atom is -0.322 e. The van der Waals surface area contributed by atoms with E-state index in [1.165, 1.54) is 0 Å². The van der Waals surface area contributed by atoms with E-state index in [4.69, 9.17) is 28.9 Å². The molecule has 100 valence electrons. The van der Waals surface area contributed by atoms with E-state index >= 15 is 0 Å². The van der Waals surface area contributed by atoms with E-state index in [2.05, 4.69) is 5.32 Å². The second-order valence-corrected chi connectivity index (χ2v) is 5.89. The van der Waals surface area contributed by atoms with Gasteiger partial charge in [0, 0.05) is 0 Å². The molecule has 0 aromatic heterocycles. The molecule has 0 radical (unpaired) electrons. The lowest BCUT2D eigenvalue weighted by molar-refractivity contribution is -0.119. The van der Waals surface area contributed by atoms with Crippen molar-refractivity contribution in [2.45, 2.75) is 26.8 Å². The first kappa shape index (κ1) is 15.2. The standard InChI is InChI=1S/C12H15Cl2FN2O/c1-12(2,3)10(16)11(18)17-9-7(13)4-6(15)5-8(9)14/h4-5,10H,16H2,1-3H3,(H,17,18)/t10-/m1/s1. The van der Waals surface area contributed by atoms with Gasteiger partial charge in [-0.25, -0.2) is 4.39 Å². The predicted molar refractivity (Wildman–Crippen MR) is 72.5 cm³/mol. The van der Waals surface area contributed by atoms with Gasteiger partial charge in [0.15, 0.2) is 0 Å². The van der Waals surface area contributed by atoms with Crippen LogP contribution in [-0.4, -0.2) is 11.9 Å². The number of carbonyl (C=O) groups is 1. The van der Waals surface area contributed by atoms with Crippen LogP contribution in [0, 0.1) is 11.2 Å². The molecule has 0 aliphatic heterocycles. The molecule has 0 spiro atoms. The highest BCUT2D eigenvalue weighted by Gasteiger charge is 2.28. The maximum atomic E-state index is 13.0. The van der Waals surface area contributed by atoms with E-state index in [-0.39, 0.29) is 15.7 Å². The summed E-state index contributed by atoms with van der Waals surface area (Å²) in [5.41, 5.74) is 5.57. The number of benzene rings is 1. The van der Waals surface area contributed by atoms with E-state index in [0.29, 0.717) is 0 Å². The maximum absolute atomic E-state index is 13.0. The van der Waals surface area contributed by atoms with Gasteiger partial charge in [-0.15, -0.1) is 0 Å². The molecule has 0 saturated carbocycles. The van der Waals surface area contributed by atoms with Crippen molar-refractivity contribution in [3.63, 3.8) is 0 Å². The van der Waals surface area contributed by atoms with Crippen molar-refractivity contribution >= 4 is 34.8 Å². The average molecular weight is 293 g/mol. The minimum absolute atomic E-state index is 0.0365. The van der Waals surface area contributed by atoms with Gasteiger partial charge in [0.2, 0.25) is 5.91 Å². The third-order valence-electron chi connectivity index (χ3n) is 2.47. The van der Waals surface area contributed by atoms with Gasteiger partial charge >= 0.3 is 0 Å². The second kappa shape index (κ2) is 5.43. The monoisotopic (exact) mass is 292 g/mol. The molecule has 1 rings (SSSR count). The molecular weight excluding hydrogens is 278 g/mol. The predicted octanol–water partition coefficient (Wildman–Crippen LogP) is 3.44. The summed E-state index contributed by atoms with van der Waals surface area (Å²) in [5.74, 6) is -0.985. The van der Waals surface area contributed by atoms with Gasteiger partial charge in [-0.3, -0.25) is 4.79 Å². The third-order valence-corrected chi connectivity index (χ3v) is 3.07. The van der Waals surface area contributed by atoms with Gasteiger partial charge < -0.3 is 11.1 Å². The first-order valence-corrected chi connectivity index (χ1v) is 6.09. The summed E-state index contributed by atoms with van der Waals surface area (Å²) in [6.45, 7) is 5.52. The van der Waals surface area contributed by atoms with Crippen LogP contribution in [0.1, 0.15) is 20.8 Å². The first-order valence-electron chi connectivity index (χ1n) is 5.34. The number of rotatable bonds is 2. The van der Waals surface area contributed by atoms with Gasteiger partial charge in [-0.1, -0.05) is 44.0 Å². The van der Waals surface area contributed by atoms with Gasteiger partial charge in [0.05, 0.1) is 21.8 Å². The number of carbonyl (C=O) groups excluding carboxylic acids is 1. The number of hydrogen-bond acceptors (Lipinski definition) is 2. The largest absolute Gasteiger partial charge is 0.322 e. The zero-order valence-electron chi connectivity index (χ0n) is 10.4. The van der Waals surface area contributed by atoms with E-state index in [1.54, 1.807) is 0 Å². The molecule has 0 bridgehead atoms. The molecule has 18 heavy (non-hydrogen) atoms. The lowest BCUT2D eigenvalue weighted by atomic mass is 9.87. The van der Waals surface area contributed by atoms with Gasteiger partial charge in [-0.2, -0.15) is 0 Å². The number of hydrogen-bond donors (Lipinski definition) is 2. The highest BCUT2D eigenvalue weighted by atomic mass is 35.5. The van der Waals surface area contributed by atoms with Crippen LogP contribution in [0.5, 0.6) is 0 Å². The fourth-order valence-corrected chi connectivity index (χ4v) is 1.81. The Labute approximate surface area is 115 Å². The topological polar surface area (TPSA) is 55.1 Å². The van der Waals surface area contributed by atoms with Gasteiger partial charge in [-0.05, 0) is 17.5 Å². The first-order chi connectivity index (χ1) is 8.12. The maximum Gasteiger partial charge on any atom is 0.241 e. The number of amides is 1. The normalized spacial score (nSPS) is 13.3. The number of anilines is 1. The average Bonchev–Trinajstić information content (AvgIpc) is 2.20. The third kappa shape index (κ3) is 3.57. The number of nitrogens with one attached hydrogen (secondary N) is 1. The van der Waals surface area contributed by atoms with Crippen LogP contribution in [0.15, 0.2) is 12.1 Å². The van der Waals surface area contributed by atoms with Crippen molar-refractivity contribution in [2.24, 2.45) is 11.1 Å². The van der Waals surface area contributed by atoms with Gasteiger partial charge in [0.25, 0.3) is 0 Å². The summed E-state index contributed by atoms with van der Waals surface area (Å²) in [7, 11) is 0. The van der Waals surface area contributed by atoms with Crippen LogP contribution in [0.4, 0.5) is 10.1 Å². The van der Waals surface area contributed by atoms with E-state index in [9.17, 15) is 9.18 Å². The van der Waals surface area contributed by atoms with Crippen molar-refractivity contribution < 1.29 is 9.18 Å². The Morgan fingerprint density at radius 1 is 1.33 bits per heavy atom. The lowest BCUT2D eigenvalue weighted by Crippen LogP contribution is -2.45. The molecule has 0 aliphatic rings. The summed E-state index contributed by atoms with van der Waals surface area (Å²) in [5, 5.41) is 2.59. The van der Waals surface area contributed by atoms with E-state index < -0.39 is 23.2 Å². The van der Waals surface area contributed by atoms with Crippen molar-refractivity contribution in [1.29, 1.82) is 0 Å². The molecule has 3 nitrogen and oxygen atoms in total. The van der Waals surface area contributed by atoms with Crippen LogP contribution in [0.2, 0.25) is 10.0 Å². The highest BCUT2D eigenvalue weighted by Crippen LogP contribution is 2.32. The molecule has 3 N–H and O–H groups in total. The molecule has 1 aromatic carbocycles. The fourth-order valence-electron chi connectivity index (χ4n) is 1.26. The zero-order chi connectivity index (χ0) is 14.1. The molecule has 0 saturated heterocycles.